The molecule has 0 amide bonds. The average Bonchev–Trinajstić information content (AvgIpc) is 2.46. The molecule has 1 N–H and O–H groups in total. The Balaban J connectivity index is 1.83. The highest BCUT2D eigenvalue weighted by atomic mass is 19.1. The van der Waals surface area contributed by atoms with Gasteiger partial charge in [-0.1, -0.05) is 24.3 Å². The van der Waals surface area contributed by atoms with Crippen molar-refractivity contribution < 1.29 is 4.39 Å². The summed E-state index contributed by atoms with van der Waals surface area (Å²) in [5.74, 6) is -0.213. The van der Waals surface area contributed by atoms with E-state index in [1.807, 2.05) is 37.4 Å². The number of aryl methyl sites for hydroxylation is 1. The summed E-state index contributed by atoms with van der Waals surface area (Å²) in [5, 5.41) is 5.42. The first kappa shape index (κ1) is 12.6. The van der Waals surface area contributed by atoms with Crippen LogP contribution in [0.25, 0.3) is 10.8 Å². The normalized spacial score (nSPS) is 10.7. The molecule has 0 spiro atoms. The first-order chi connectivity index (χ1) is 9.74. The van der Waals surface area contributed by atoms with Crippen molar-refractivity contribution in [2.24, 2.45) is 0 Å². The molecule has 20 heavy (non-hydrogen) atoms. The van der Waals surface area contributed by atoms with E-state index in [1.54, 1.807) is 12.3 Å². The van der Waals surface area contributed by atoms with E-state index in [0.717, 1.165) is 21.9 Å². The minimum Gasteiger partial charge on any atom is -0.378 e. The van der Waals surface area contributed by atoms with Gasteiger partial charge in [-0.2, -0.15) is 0 Å². The van der Waals surface area contributed by atoms with Gasteiger partial charge in [0.2, 0.25) is 0 Å². The number of pyridine rings is 1. The maximum Gasteiger partial charge on any atom is 0.146 e. The van der Waals surface area contributed by atoms with Crippen molar-refractivity contribution in [3.8, 4) is 0 Å². The van der Waals surface area contributed by atoms with Crippen LogP contribution < -0.4 is 5.32 Å². The monoisotopic (exact) mass is 266 g/mol. The van der Waals surface area contributed by atoms with E-state index in [4.69, 9.17) is 0 Å². The largest absolute Gasteiger partial charge is 0.378 e. The van der Waals surface area contributed by atoms with Gasteiger partial charge in [0.05, 0.1) is 5.69 Å². The molecule has 0 aliphatic rings. The molecule has 0 fully saturated rings. The molecule has 0 radical (unpaired) electrons. The first-order valence-corrected chi connectivity index (χ1v) is 6.56. The summed E-state index contributed by atoms with van der Waals surface area (Å²) in [5.41, 5.74) is 2.60. The third-order valence-electron chi connectivity index (χ3n) is 3.40. The van der Waals surface area contributed by atoms with Crippen LogP contribution in [0.3, 0.4) is 0 Å². The molecule has 100 valence electrons. The molecule has 3 heteroatoms. The number of rotatable bonds is 3. The van der Waals surface area contributed by atoms with Crippen molar-refractivity contribution in [2.75, 3.05) is 5.32 Å². The molecular weight excluding hydrogens is 251 g/mol. The minimum atomic E-state index is -0.213. The SMILES string of the molecule is Cc1cccc(F)c1NCc1ccc2cnccc2c1. The van der Waals surface area contributed by atoms with Gasteiger partial charge in [0, 0.05) is 24.3 Å². The summed E-state index contributed by atoms with van der Waals surface area (Å²) < 4.78 is 13.7. The summed E-state index contributed by atoms with van der Waals surface area (Å²) in [6.45, 7) is 2.50. The summed E-state index contributed by atoms with van der Waals surface area (Å²) in [6, 6.07) is 13.2. The Hall–Kier alpha value is -2.42. The molecule has 0 bridgehead atoms. The molecule has 2 aromatic carbocycles. The summed E-state index contributed by atoms with van der Waals surface area (Å²) in [4.78, 5) is 4.09. The van der Waals surface area contributed by atoms with Crippen molar-refractivity contribution in [3.05, 3.63) is 71.8 Å². The number of hydrogen-bond donors (Lipinski definition) is 1. The summed E-state index contributed by atoms with van der Waals surface area (Å²) in [7, 11) is 0. The fraction of sp³-hybridized carbons (Fsp3) is 0.118. The molecule has 0 saturated carbocycles. The summed E-state index contributed by atoms with van der Waals surface area (Å²) >= 11 is 0. The Morgan fingerprint density at radius 2 is 2.00 bits per heavy atom. The topological polar surface area (TPSA) is 24.9 Å². The van der Waals surface area contributed by atoms with Crippen LogP contribution in [0.4, 0.5) is 10.1 Å². The van der Waals surface area contributed by atoms with Crippen LogP contribution >= 0.6 is 0 Å². The number of nitrogens with zero attached hydrogens (tertiary/aromatic N) is 1. The molecule has 0 aliphatic carbocycles. The lowest BCUT2D eigenvalue weighted by Crippen LogP contribution is -2.03. The van der Waals surface area contributed by atoms with E-state index in [0.29, 0.717) is 12.2 Å². The van der Waals surface area contributed by atoms with E-state index < -0.39 is 0 Å². The molecule has 2 nitrogen and oxygen atoms in total. The van der Waals surface area contributed by atoms with Crippen molar-refractivity contribution in [1.82, 2.24) is 4.98 Å². The predicted octanol–water partition coefficient (Wildman–Crippen LogP) is 4.29. The zero-order valence-corrected chi connectivity index (χ0v) is 11.2. The highest BCUT2D eigenvalue weighted by Crippen LogP contribution is 2.20. The van der Waals surface area contributed by atoms with Crippen LogP contribution in [0.2, 0.25) is 0 Å². The number of halogens is 1. The molecule has 1 heterocycles. The Bertz CT molecular complexity index is 733. The first-order valence-electron chi connectivity index (χ1n) is 6.56. The highest BCUT2D eigenvalue weighted by molar-refractivity contribution is 5.82. The average molecular weight is 266 g/mol. The number of fused-ring (bicyclic) bond motifs is 1. The van der Waals surface area contributed by atoms with Crippen molar-refractivity contribution in [1.29, 1.82) is 0 Å². The van der Waals surface area contributed by atoms with Crippen LogP contribution in [-0.4, -0.2) is 4.98 Å². The van der Waals surface area contributed by atoms with E-state index >= 15 is 0 Å². The maximum absolute atomic E-state index is 13.7. The predicted molar refractivity (Wildman–Crippen MR) is 80.2 cm³/mol. The van der Waals surface area contributed by atoms with E-state index in [-0.39, 0.29) is 5.82 Å². The molecule has 0 unspecified atom stereocenters. The van der Waals surface area contributed by atoms with Gasteiger partial charge in [0.25, 0.3) is 0 Å². The standard InChI is InChI=1S/C17H15FN2/c1-12-3-2-4-16(18)17(12)20-10-13-5-6-15-11-19-8-7-14(15)9-13/h2-9,11,20H,10H2,1H3. The Morgan fingerprint density at radius 1 is 1.10 bits per heavy atom. The van der Waals surface area contributed by atoms with E-state index in [2.05, 4.69) is 16.4 Å². The lowest BCUT2D eigenvalue weighted by atomic mass is 10.1. The number of hydrogen-bond acceptors (Lipinski definition) is 2. The molecule has 0 atom stereocenters. The van der Waals surface area contributed by atoms with Crippen LogP contribution in [-0.2, 0) is 6.54 Å². The van der Waals surface area contributed by atoms with Gasteiger partial charge in [-0.3, -0.25) is 4.98 Å². The lowest BCUT2D eigenvalue weighted by molar-refractivity contribution is 0.629. The van der Waals surface area contributed by atoms with Gasteiger partial charge >= 0.3 is 0 Å². The second-order valence-electron chi connectivity index (χ2n) is 4.84. The second kappa shape index (κ2) is 5.29. The number of aromatic nitrogens is 1. The summed E-state index contributed by atoms with van der Waals surface area (Å²) in [6.07, 6.45) is 3.62. The fourth-order valence-electron chi connectivity index (χ4n) is 2.29. The molecule has 1 aromatic heterocycles. The fourth-order valence-corrected chi connectivity index (χ4v) is 2.29. The van der Waals surface area contributed by atoms with Crippen LogP contribution in [0.5, 0.6) is 0 Å². The highest BCUT2D eigenvalue weighted by Gasteiger charge is 2.04. The van der Waals surface area contributed by atoms with Gasteiger partial charge in [-0.05, 0) is 41.6 Å². The zero-order valence-electron chi connectivity index (χ0n) is 11.2. The molecule has 0 aliphatic heterocycles. The molecule has 3 rings (SSSR count). The van der Waals surface area contributed by atoms with Gasteiger partial charge in [-0.15, -0.1) is 0 Å². The minimum absolute atomic E-state index is 0.213. The third kappa shape index (κ3) is 2.48. The zero-order chi connectivity index (χ0) is 13.9. The third-order valence-corrected chi connectivity index (χ3v) is 3.40. The van der Waals surface area contributed by atoms with Gasteiger partial charge < -0.3 is 5.32 Å². The smallest absolute Gasteiger partial charge is 0.146 e. The van der Waals surface area contributed by atoms with Gasteiger partial charge in [0.1, 0.15) is 5.82 Å². The van der Waals surface area contributed by atoms with E-state index in [9.17, 15) is 4.39 Å². The van der Waals surface area contributed by atoms with Crippen LogP contribution in [0.1, 0.15) is 11.1 Å². The number of para-hydroxylation sites is 1. The molecular formula is C17H15FN2. The Kier molecular flexibility index (Phi) is 3.33. The lowest BCUT2D eigenvalue weighted by Gasteiger charge is -2.11. The van der Waals surface area contributed by atoms with E-state index in [1.165, 1.54) is 6.07 Å². The number of benzene rings is 2. The molecule has 0 saturated heterocycles. The maximum atomic E-state index is 13.7. The second-order valence-corrected chi connectivity index (χ2v) is 4.84. The van der Waals surface area contributed by atoms with Crippen molar-refractivity contribution in [3.63, 3.8) is 0 Å². The quantitative estimate of drug-likeness (QED) is 0.764. The van der Waals surface area contributed by atoms with Crippen LogP contribution in [0.15, 0.2) is 54.9 Å². The number of anilines is 1. The van der Waals surface area contributed by atoms with Crippen LogP contribution in [0, 0.1) is 12.7 Å². The van der Waals surface area contributed by atoms with Gasteiger partial charge in [0.15, 0.2) is 0 Å². The Morgan fingerprint density at radius 3 is 2.85 bits per heavy atom. The van der Waals surface area contributed by atoms with Crippen molar-refractivity contribution >= 4 is 16.5 Å². The molecule has 3 aromatic rings. The van der Waals surface area contributed by atoms with Gasteiger partial charge in [-0.25, -0.2) is 4.39 Å². The van der Waals surface area contributed by atoms with Crippen molar-refractivity contribution in [2.45, 2.75) is 13.5 Å². The Labute approximate surface area is 117 Å². The number of nitrogens with one attached hydrogen (secondary N) is 1.